The molecule has 4 N–H and O–H groups in total. The van der Waals surface area contributed by atoms with Crippen LogP contribution in [-0.4, -0.2) is 11.1 Å². The molecule has 0 aliphatic rings. The van der Waals surface area contributed by atoms with Crippen molar-refractivity contribution in [2.75, 3.05) is 5.43 Å². The van der Waals surface area contributed by atoms with E-state index in [1.54, 1.807) is 0 Å². The van der Waals surface area contributed by atoms with Crippen LogP contribution in [0.3, 0.4) is 0 Å². The van der Waals surface area contributed by atoms with Crippen molar-refractivity contribution in [2.24, 2.45) is 5.84 Å². The predicted octanol–water partition coefficient (Wildman–Crippen LogP) is 0.809. The maximum Gasteiger partial charge on any atom is 0.335 e. The molecule has 0 aliphatic heterocycles. The van der Waals surface area contributed by atoms with E-state index in [9.17, 15) is 9.18 Å². The van der Waals surface area contributed by atoms with Gasteiger partial charge in [-0.1, -0.05) is 0 Å². The van der Waals surface area contributed by atoms with Crippen molar-refractivity contribution in [2.45, 2.75) is 0 Å². The average Bonchev–Trinajstić information content (AvgIpc) is 2.05. The Kier molecular flexibility index (Phi) is 2.25. The Morgan fingerprint density at radius 3 is 2.75 bits per heavy atom. The lowest BCUT2D eigenvalue weighted by Crippen LogP contribution is -2.09. The summed E-state index contributed by atoms with van der Waals surface area (Å²) in [6, 6.07) is 3.33. The average molecular weight is 170 g/mol. The molecule has 64 valence electrons. The smallest absolute Gasteiger partial charge is 0.335 e. The Bertz CT molecular complexity index is 314. The zero-order valence-electron chi connectivity index (χ0n) is 6.04. The first-order valence-corrected chi connectivity index (χ1v) is 3.14. The van der Waals surface area contributed by atoms with Crippen molar-refractivity contribution in [1.29, 1.82) is 0 Å². The van der Waals surface area contributed by atoms with Crippen LogP contribution in [0.4, 0.5) is 10.1 Å². The van der Waals surface area contributed by atoms with Gasteiger partial charge >= 0.3 is 5.97 Å². The summed E-state index contributed by atoms with van der Waals surface area (Å²) in [5, 5.41) is 8.50. The Balaban J connectivity index is 3.13. The van der Waals surface area contributed by atoms with E-state index in [0.717, 1.165) is 12.1 Å². The van der Waals surface area contributed by atoms with Gasteiger partial charge in [-0.15, -0.1) is 0 Å². The first kappa shape index (κ1) is 8.48. The minimum atomic E-state index is -1.12. The number of anilines is 1. The monoisotopic (exact) mass is 170 g/mol. The minimum Gasteiger partial charge on any atom is -0.478 e. The number of nitrogens with two attached hydrogens (primary N) is 1. The summed E-state index contributed by atoms with van der Waals surface area (Å²) >= 11 is 0. The third-order valence-electron chi connectivity index (χ3n) is 1.37. The summed E-state index contributed by atoms with van der Waals surface area (Å²) < 4.78 is 12.7. The minimum absolute atomic E-state index is 0.00986. The van der Waals surface area contributed by atoms with Crippen molar-refractivity contribution in [1.82, 2.24) is 0 Å². The van der Waals surface area contributed by atoms with Crippen molar-refractivity contribution in [3.8, 4) is 0 Å². The van der Waals surface area contributed by atoms with Gasteiger partial charge in [-0.2, -0.15) is 0 Å². The molecular formula is C7H7FN2O2. The summed E-state index contributed by atoms with van der Waals surface area (Å²) in [4.78, 5) is 10.4. The Hall–Kier alpha value is -1.62. The summed E-state index contributed by atoms with van der Waals surface area (Å²) in [7, 11) is 0. The molecule has 4 nitrogen and oxygen atoms in total. The fourth-order valence-electron chi connectivity index (χ4n) is 0.769. The van der Waals surface area contributed by atoms with E-state index in [2.05, 4.69) is 5.43 Å². The number of carboxylic acids is 1. The van der Waals surface area contributed by atoms with E-state index in [1.165, 1.54) is 6.07 Å². The van der Waals surface area contributed by atoms with Crippen molar-refractivity contribution >= 4 is 11.7 Å². The molecule has 0 heterocycles. The quantitative estimate of drug-likeness (QED) is 0.453. The second-order valence-electron chi connectivity index (χ2n) is 2.14. The number of hydrogen-bond acceptors (Lipinski definition) is 3. The van der Waals surface area contributed by atoms with Gasteiger partial charge in [0.2, 0.25) is 0 Å². The van der Waals surface area contributed by atoms with Crippen LogP contribution < -0.4 is 11.3 Å². The number of hydrazine groups is 1. The predicted molar refractivity (Wildman–Crippen MR) is 41.2 cm³/mol. The van der Waals surface area contributed by atoms with Crippen LogP contribution >= 0.6 is 0 Å². The molecular weight excluding hydrogens is 163 g/mol. The van der Waals surface area contributed by atoms with Crippen molar-refractivity contribution < 1.29 is 14.3 Å². The first-order chi connectivity index (χ1) is 5.65. The molecule has 12 heavy (non-hydrogen) atoms. The molecule has 0 amide bonds. The number of aromatic carboxylic acids is 1. The maximum atomic E-state index is 12.7. The highest BCUT2D eigenvalue weighted by atomic mass is 19.1. The van der Waals surface area contributed by atoms with E-state index < -0.39 is 11.8 Å². The van der Waals surface area contributed by atoms with Gasteiger partial charge in [-0.05, 0) is 18.2 Å². The fourth-order valence-corrected chi connectivity index (χ4v) is 0.769. The lowest BCUT2D eigenvalue weighted by atomic mass is 10.2. The van der Waals surface area contributed by atoms with Crippen LogP contribution in [0, 0.1) is 5.82 Å². The number of nitrogen functional groups attached to an aromatic ring is 1. The summed E-state index contributed by atoms with van der Waals surface area (Å²) in [6.45, 7) is 0. The van der Waals surface area contributed by atoms with Gasteiger partial charge in [0.05, 0.1) is 11.3 Å². The van der Waals surface area contributed by atoms with Crippen LogP contribution in [0.1, 0.15) is 10.4 Å². The van der Waals surface area contributed by atoms with E-state index in [-0.39, 0.29) is 11.3 Å². The third kappa shape index (κ3) is 1.51. The zero-order chi connectivity index (χ0) is 9.14. The number of carbonyl (C=O) groups is 1. The largest absolute Gasteiger partial charge is 0.478 e. The molecule has 0 bridgehead atoms. The molecule has 0 radical (unpaired) electrons. The van der Waals surface area contributed by atoms with Gasteiger partial charge in [-0.25, -0.2) is 9.18 Å². The Morgan fingerprint density at radius 1 is 1.58 bits per heavy atom. The van der Waals surface area contributed by atoms with E-state index in [4.69, 9.17) is 10.9 Å². The topological polar surface area (TPSA) is 75.3 Å². The van der Waals surface area contributed by atoms with Gasteiger partial charge in [0.15, 0.2) is 0 Å². The highest BCUT2D eigenvalue weighted by molar-refractivity contribution is 5.88. The molecule has 0 fully saturated rings. The number of hydrogen-bond donors (Lipinski definition) is 3. The SMILES string of the molecule is NNc1cc(C(=O)O)ccc1F. The molecule has 0 unspecified atom stereocenters. The van der Waals surface area contributed by atoms with Crippen LogP contribution in [0.5, 0.6) is 0 Å². The molecule has 1 aromatic carbocycles. The lowest BCUT2D eigenvalue weighted by Gasteiger charge is -2.01. The highest BCUT2D eigenvalue weighted by Gasteiger charge is 2.06. The molecule has 0 atom stereocenters. The first-order valence-electron chi connectivity index (χ1n) is 3.14. The second-order valence-corrected chi connectivity index (χ2v) is 2.14. The third-order valence-corrected chi connectivity index (χ3v) is 1.37. The van der Waals surface area contributed by atoms with Crippen LogP contribution in [-0.2, 0) is 0 Å². The molecule has 0 spiro atoms. The lowest BCUT2D eigenvalue weighted by molar-refractivity contribution is 0.0697. The fraction of sp³-hybridized carbons (Fsp3) is 0. The summed E-state index contributed by atoms with van der Waals surface area (Å²) in [6.07, 6.45) is 0. The van der Waals surface area contributed by atoms with Crippen LogP contribution in [0.2, 0.25) is 0 Å². The van der Waals surface area contributed by atoms with Crippen molar-refractivity contribution in [3.05, 3.63) is 29.6 Å². The second kappa shape index (κ2) is 3.19. The highest BCUT2D eigenvalue weighted by Crippen LogP contribution is 2.14. The van der Waals surface area contributed by atoms with Crippen LogP contribution in [0.15, 0.2) is 18.2 Å². The van der Waals surface area contributed by atoms with E-state index >= 15 is 0 Å². The standard InChI is InChI=1S/C7H7FN2O2/c8-5-2-1-4(7(11)12)3-6(5)10-9/h1-3,10H,9H2,(H,11,12). The number of benzene rings is 1. The van der Waals surface area contributed by atoms with Gasteiger partial charge < -0.3 is 10.5 Å². The Labute approximate surface area is 67.8 Å². The molecule has 0 saturated heterocycles. The summed E-state index contributed by atoms with van der Waals surface area (Å²) in [5.41, 5.74) is 2.01. The number of rotatable bonds is 2. The molecule has 1 rings (SSSR count). The molecule has 0 aliphatic carbocycles. The zero-order valence-corrected chi connectivity index (χ0v) is 6.04. The maximum absolute atomic E-state index is 12.7. The van der Waals surface area contributed by atoms with Gasteiger partial charge in [0, 0.05) is 0 Å². The van der Waals surface area contributed by atoms with Gasteiger partial charge in [0.1, 0.15) is 5.82 Å². The molecule has 0 aromatic heterocycles. The number of nitrogens with one attached hydrogen (secondary N) is 1. The number of carboxylic acid groups (broad SMARTS) is 1. The molecule has 5 heteroatoms. The normalized spacial score (nSPS) is 9.50. The number of halogens is 1. The molecule has 0 saturated carbocycles. The van der Waals surface area contributed by atoms with E-state index in [1.807, 2.05) is 0 Å². The summed E-state index contributed by atoms with van der Waals surface area (Å²) in [5.74, 6) is 3.24. The van der Waals surface area contributed by atoms with Crippen LogP contribution in [0.25, 0.3) is 0 Å². The van der Waals surface area contributed by atoms with Crippen molar-refractivity contribution in [3.63, 3.8) is 0 Å². The molecule has 1 aromatic rings. The Morgan fingerprint density at radius 2 is 2.25 bits per heavy atom. The van der Waals surface area contributed by atoms with Gasteiger partial charge in [0.25, 0.3) is 0 Å². The van der Waals surface area contributed by atoms with Gasteiger partial charge in [-0.3, -0.25) is 5.84 Å². The van der Waals surface area contributed by atoms with E-state index in [0.29, 0.717) is 0 Å².